The molecule has 1 amide bonds. The van der Waals surface area contributed by atoms with E-state index < -0.39 is 6.10 Å². The highest BCUT2D eigenvalue weighted by atomic mass is 16.3. The molecule has 1 N–H and O–H groups in total. The summed E-state index contributed by atoms with van der Waals surface area (Å²) < 4.78 is 0. The Morgan fingerprint density at radius 1 is 1.09 bits per heavy atom. The van der Waals surface area contributed by atoms with Crippen molar-refractivity contribution in [2.24, 2.45) is 0 Å². The summed E-state index contributed by atoms with van der Waals surface area (Å²) in [5.41, 5.74) is 3.42. The van der Waals surface area contributed by atoms with Crippen LogP contribution in [0.2, 0.25) is 0 Å². The van der Waals surface area contributed by atoms with Gasteiger partial charge in [-0.15, -0.1) is 0 Å². The Hall–Kier alpha value is -2.73. The van der Waals surface area contributed by atoms with E-state index in [1.54, 1.807) is 4.90 Å². The quantitative estimate of drug-likeness (QED) is 0.779. The topological polar surface area (TPSA) is 71.2 Å². The number of benzene rings is 2. The molecule has 1 atom stereocenters. The summed E-state index contributed by atoms with van der Waals surface area (Å²) in [7, 11) is 0. The number of aliphatic hydroxyl groups excluding tert-OH is 1. The number of carbonyl (C=O) groups is 1. The maximum atomic E-state index is 12.5. The van der Waals surface area contributed by atoms with E-state index in [-0.39, 0.29) is 12.5 Å². The maximum absolute atomic E-state index is 12.5. The van der Waals surface area contributed by atoms with Crippen LogP contribution in [0.25, 0.3) is 11.0 Å². The largest absolute Gasteiger partial charge is 0.387 e. The van der Waals surface area contributed by atoms with E-state index >= 15 is 0 Å². The highest BCUT2D eigenvalue weighted by Crippen LogP contribution is 2.26. The van der Waals surface area contributed by atoms with Gasteiger partial charge >= 0.3 is 0 Å². The first-order chi connectivity index (χ1) is 11.2. The van der Waals surface area contributed by atoms with Gasteiger partial charge in [-0.25, -0.2) is 0 Å². The normalized spacial score (nSPS) is 17.3. The zero-order valence-electron chi connectivity index (χ0n) is 12.5. The highest BCUT2D eigenvalue weighted by Gasteiger charge is 2.26. The molecule has 2 aromatic carbocycles. The molecule has 0 unspecified atom stereocenters. The van der Waals surface area contributed by atoms with E-state index in [0.717, 1.165) is 22.2 Å². The molecular weight excluding hydrogens is 292 g/mol. The molecule has 0 saturated heterocycles. The van der Waals surface area contributed by atoms with Crippen LogP contribution < -0.4 is 0 Å². The van der Waals surface area contributed by atoms with Crippen LogP contribution in [0, 0.1) is 0 Å². The fourth-order valence-corrected chi connectivity index (χ4v) is 2.97. The van der Waals surface area contributed by atoms with Gasteiger partial charge in [0.15, 0.2) is 0 Å². The summed E-state index contributed by atoms with van der Waals surface area (Å²) in [5, 5.41) is 18.8. The number of aromatic nitrogens is 3. The molecule has 0 bridgehead atoms. The minimum Gasteiger partial charge on any atom is -0.387 e. The van der Waals surface area contributed by atoms with Gasteiger partial charge in [-0.3, -0.25) is 4.79 Å². The van der Waals surface area contributed by atoms with Crippen LogP contribution in [0.5, 0.6) is 0 Å². The van der Waals surface area contributed by atoms with Gasteiger partial charge < -0.3 is 10.0 Å². The van der Waals surface area contributed by atoms with Crippen molar-refractivity contribution in [3.8, 4) is 0 Å². The van der Waals surface area contributed by atoms with Gasteiger partial charge in [-0.2, -0.15) is 15.0 Å². The number of carbonyl (C=O) groups excluding carboxylic acids is 1. The van der Waals surface area contributed by atoms with E-state index in [2.05, 4.69) is 10.2 Å². The predicted octanol–water partition coefficient (Wildman–Crippen LogP) is 1.51. The lowest BCUT2D eigenvalue weighted by molar-refractivity contribution is -0.135. The lowest BCUT2D eigenvalue weighted by atomic mass is 9.97. The number of fused-ring (bicyclic) bond motifs is 2. The summed E-state index contributed by atoms with van der Waals surface area (Å²) >= 11 is 0. The molecule has 6 nitrogen and oxygen atoms in total. The van der Waals surface area contributed by atoms with Crippen LogP contribution in [0.4, 0.5) is 0 Å². The standard InChI is InChI=1S/C17H16N4O2/c22-16-10-20(9-12-5-1-2-6-13(12)16)17(23)11-21-18-14-7-3-4-8-15(14)19-21/h1-8,16,22H,9-11H2/t16-/m1/s1. The summed E-state index contributed by atoms with van der Waals surface area (Å²) in [4.78, 5) is 15.6. The van der Waals surface area contributed by atoms with Gasteiger partial charge in [0.1, 0.15) is 17.6 Å². The second-order valence-electron chi connectivity index (χ2n) is 5.71. The summed E-state index contributed by atoms with van der Waals surface area (Å²) in [6, 6.07) is 15.2. The number of hydrogen-bond acceptors (Lipinski definition) is 4. The van der Waals surface area contributed by atoms with Crippen molar-refractivity contribution < 1.29 is 9.90 Å². The number of aliphatic hydroxyl groups is 1. The molecule has 0 fully saturated rings. The first-order valence-electron chi connectivity index (χ1n) is 7.54. The van der Waals surface area contributed by atoms with Crippen molar-refractivity contribution in [1.82, 2.24) is 19.9 Å². The van der Waals surface area contributed by atoms with Crippen molar-refractivity contribution in [2.45, 2.75) is 19.2 Å². The molecule has 3 aromatic rings. The van der Waals surface area contributed by atoms with Crippen LogP contribution in [0.3, 0.4) is 0 Å². The van der Waals surface area contributed by atoms with E-state index in [1.165, 1.54) is 4.80 Å². The molecule has 116 valence electrons. The monoisotopic (exact) mass is 308 g/mol. The Bertz CT molecular complexity index is 841. The van der Waals surface area contributed by atoms with Crippen molar-refractivity contribution in [3.63, 3.8) is 0 Å². The molecule has 23 heavy (non-hydrogen) atoms. The van der Waals surface area contributed by atoms with E-state index in [4.69, 9.17) is 0 Å². The minimum atomic E-state index is -0.645. The summed E-state index contributed by atoms with van der Waals surface area (Å²) in [6.07, 6.45) is -0.645. The Balaban J connectivity index is 1.53. The number of β-amino-alcohol motifs (C(OH)–C–C–N with tert-alkyl or cyclic N) is 1. The van der Waals surface area contributed by atoms with Crippen LogP contribution in [0.15, 0.2) is 48.5 Å². The van der Waals surface area contributed by atoms with Crippen molar-refractivity contribution in [1.29, 1.82) is 0 Å². The van der Waals surface area contributed by atoms with Crippen molar-refractivity contribution >= 4 is 16.9 Å². The number of rotatable bonds is 2. The molecule has 1 aliphatic rings. The van der Waals surface area contributed by atoms with Gasteiger partial charge in [-0.1, -0.05) is 36.4 Å². The second kappa shape index (κ2) is 5.48. The molecule has 1 aliphatic heterocycles. The molecular formula is C17H16N4O2. The lowest BCUT2D eigenvalue weighted by Gasteiger charge is -2.32. The third kappa shape index (κ3) is 2.57. The lowest BCUT2D eigenvalue weighted by Crippen LogP contribution is -2.40. The molecule has 2 heterocycles. The van der Waals surface area contributed by atoms with E-state index in [1.807, 2.05) is 48.5 Å². The van der Waals surface area contributed by atoms with Crippen LogP contribution in [-0.4, -0.2) is 37.5 Å². The fraction of sp³-hybridized carbons (Fsp3) is 0.235. The smallest absolute Gasteiger partial charge is 0.246 e. The summed E-state index contributed by atoms with van der Waals surface area (Å²) in [5.74, 6) is -0.0983. The predicted molar refractivity (Wildman–Crippen MR) is 84.3 cm³/mol. The Morgan fingerprint density at radius 3 is 2.48 bits per heavy atom. The highest BCUT2D eigenvalue weighted by molar-refractivity contribution is 5.77. The molecule has 0 radical (unpaired) electrons. The van der Waals surface area contributed by atoms with Crippen molar-refractivity contribution in [2.75, 3.05) is 6.54 Å². The van der Waals surface area contributed by atoms with Gasteiger partial charge in [0.25, 0.3) is 0 Å². The molecule has 0 spiro atoms. The summed E-state index contributed by atoms with van der Waals surface area (Å²) in [6.45, 7) is 0.882. The number of amides is 1. The maximum Gasteiger partial charge on any atom is 0.246 e. The molecule has 6 heteroatoms. The Kier molecular flexibility index (Phi) is 3.31. The fourth-order valence-electron chi connectivity index (χ4n) is 2.97. The molecule has 1 aromatic heterocycles. The van der Waals surface area contributed by atoms with Gasteiger partial charge in [0.2, 0.25) is 5.91 Å². The minimum absolute atomic E-state index is 0.0730. The zero-order valence-corrected chi connectivity index (χ0v) is 12.5. The Labute approximate surface area is 132 Å². The van der Waals surface area contributed by atoms with Crippen LogP contribution in [-0.2, 0) is 17.9 Å². The third-order valence-electron chi connectivity index (χ3n) is 4.13. The van der Waals surface area contributed by atoms with Gasteiger partial charge in [0.05, 0.1) is 12.6 Å². The Morgan fingerprint density at radius 2 is 1.74 bits per heavy atom. The third-order valence-corrected chi connectivity index (χ3v) is 4.13. The second-order valence-corrected chi connectivity index (χ2v) is 5.71. The number of nitrogens with zero attached hydrogens (tertiary/aromatic N) is 4. The molecule has 0 aliphatic carbocycles. The van der Waals surface area contributed by atoms with Crippen LogP contribution in [0.1, 0.15) is 17.2 Å². The first kappa shape index (κ1) is 13.9. The zero-order chi connectivity index (χ0) is 15.8. The molecule has 0 saturated carbocycles. The SMILES string of the molecule is O=C(Cn1nc2ccccc2n1)N1Cc2ccccc2[C@H](O)C1. The average Bonchev–Trinajstić information content (AvgIpc) is 2.97. The van der Waals surface area contributed by atoms with E-state index in [0.29, 0.717) is 13.1 Å². The first-order valence-corrected chi connectivity index (χ1v) is 7.54. The van der Waals surface area contributed by atoms with Crippen molar-refractivity contribution in [3.05, 3.63) is 59.7 Å². The van der Waals surface area contributed by atoms with Gasteiger partial charge in [0, 0.05) is 6.54 Å². The van der Waals surface area contributed by atoms with E-state index in [9.17, 15) is 9.90 Å². The molecule has 4 rings (SSSR count). The number of hydrogen-bond donors (Lipinski definition) is 1. The average molecular weight is 308 g/mol. The van der Waals surface area contributed by atoms with Crippen LogP contribution >= 0.6 is 0 Å². The van der Waals surface area contributed by atoms with Gasteiger partial charge in [-0.05, 0) is 23.3 Å².